The Kier molecular flexibility index (Phi) is 6.76. The molecule has 2 aromatic carbocycles. The molecule has 150 valence electrons. The maximum absolute atomic E-state index is 12.5. The largest absolute Gasteiger partial charge is 0.495 e. The minimum atomic E-state index is -0.0297. The van der Waals surface area contributed by atoms with Crippen molar-refractivity contribution < 1.29 is 9.53 Å². The maximum atomic E-state index is 12.5. The molecule has 0 bridgehead atoms. The van der Waals surface area contributed by atoms with E-state index in [0.717, 1.165) is 45.0 Å². The summed E-state index contributed by atoms with van der Waals surface area (Å²) in [5, 5.41) is 3.43. The van der Waals surface area contributed by atoms with Gasteiger partial charge in [0.15, 0.2) is 0 Å². The summed E-state index contributed by atoms with van der Waals surface area (Å²) < 4.78 is 5.47. The average molecular weight is 383 g/mol. The highest BCUT2D eigenvalue weighted by atomic mass is 16.5. The van der Waals surface area contributed by atoms with Crippen molar-refractivity contribution in [3.8, 4) is 5.75 Å². The van der Waals surface area contributed by atoms with Gasteiger partial charge in [0.25, 0.3) is 5.91 Å². The van der Waals surface area contributed by atoms with Gasteiger partial charge in [-0.25, -0.2) is 0 Å². The van der Waals surface area contributed by atoms with Crippen LogP contribution in [0.15, 0.2) is 48.5 Å². The summed E-state index contributed by atoms with van der Waals surface area (Å²) >= 11 is 0. The van der Waals surface area contributed by atoms with Crippen LogP contribution in [-0.4, -0.2) is 76.2 Å². The zero-order valence-electron chi connectivity index (χ0n) is 17.0. The van der Waals surface area contributed by atoms with Crippen molar-refractivity contribution >= 4 is 17.3 Å². The summed E-state index contributed by atoms with van der Waals surface area (Å²) in [5.41, 5.74) is 2.70. The molecule has 6 heteroatoms. The molecule has 1 heterocycles. The quantitative estimate of drug-likeness (QED) is 0.798. The zero-order chi connectivity index (χ0) is 19.9. The number of nitrogens with zero attached hydrogens (tertiary/aromatic N) is 3. The summed E-state index contributed by atoms with van der Waals surface area (Å²) in [6.45, 7) is 5.82. The predicted molar refractivity (Wildman–Crippen MR) is 115 cm³/mol. The van der Waals surface area contributed by atoms with E-state index in [1.807, 2.05) is 18.2 Å². The van der Waals surface area contributed by atoms with Crippen LogP contribution in [0.1, 0.15) is 10.4 Å². The van der Waals surface area contributed by atoms with Gasteiger partial charge < -0.3 is 19.9 Å². The average Bonchev–Trinajstić information content (AvgIpc) is 2.74. The fourth-order valence-electron chi connectivity index (χ4n) is 3.51. The van der Waals surface area contributed by atoms with Crippen molar-refractivity contribution in [2.45, 2.75) is 0 Å². The Morgan fingerprint density at radius 1 is 1.04 bits per heavy atom. The van der Waals surface area contributed by atoms with Crippen LogP contribution < -0.4 is 15.0 Å². The molecule has 0 atom stereocenters. The van der Waals surface area contributed by atoms with Crippen LogP contribution in [0, 0.1) is 0 Å². The van der Waals surface area contributed by atoms with Crippen LogP contribution in [-0.2, 0) is 0 Å². The van der Waals surface area contributed by atoms with Gasteiger partial charge in [-0.3, -0.25) is 9.69 Å². The lowest BCUT2D eigenvalue weighted by Crippen LogP contribution is -2.47. The van der Waals surface area contributed by atoms with E-state index in [1.165, 1.54) is 5.69 Å². The van der Waals surface area contributed by atoms with Gasteiger partial charge >= 0.3 is 0 Å². The zero-order valence-corrected chi connectivity index (χ0v) is 17.0. The maximum Gasteiger partial charge on any atom is 0.255 e. The molecule has 1 amide bonds. The molecule has 1 aliphatic rings. The topological polar surface area (TPSA) is 48.1 Å². The van der Waals surface area contributed by atoms with Crippen molar-refractivity contribution in [1.82, 2.24) is 9.80 Å². The second-order valence-corrected chi connectivity index (χ2v) is 7.17. The molecule has 1 aliphatic heterocycles. The molecule has 3 rings (SSSR count). The van der Waals surface area contributed by atoms with Crippen molar-refractivity contribution in [2.24, 2.45) is 0 Å². The number of para-hydroxylation sites is 2. The predicted octanol–water partition coefficient (Wildman–Crippen LogP) is 2.63. The van der Waals surface area contributed by atoms with Gasteiger partial charge in [0.05, 0.1) is 18.4 Å². The number of carbonyl (C=O) groups is 1. The van der Waals surface area contributed by atoms with Crippen LogP contribution in [0.5, 0.6) is 5.75 Å². The third-order valence-electron chi connectivity index (χ3n) is 5.11. The highest BCUT2D eigenvalue weighted by Crippen LogP contribution is 2.29. The minimum Gasteiger partial charge on any atom is -0.495 e. The Hall–Kier alpha value is -2.73. The van der Waals surface area contributed by atoms with Gasteiger partial charge in [-0.1, -0.05) is 24.3 Å². The van der Waals surface area contributed by atoms with E-state index in [9.17, 15) is 4.79 Å². The summed E-state index contributed by atoms with van der Waals surface area (Å²) in [6.07, 6.45) is 0. The van der Waals surface area contributed by atoms with Gasteiger partial charge in [0.1, 0.15) is 5.75 Å². The number of piperazine rings is 1. The first kappa shape index (κ1) is 20.0. The molecule has 1 fully saturated rings. The molecule has 2 aromatic rings. The Bertz CT molecular complexity index is 771. The molecule has 1 saturated heterocycles. The van der Waals surface area contributed by atoms with E-state index in [0.29, 0.717) is 11.3 Å². The van der Waals surface area contributed by atoms with E-state index in [2.05, 4.69) is 45.4 Å². The van der Waals surface area contributed by atoms with Crippen LogP contribution in [0.25, 0.3) is 0 Å². The first-order chi connectivity index (χ1) is 13.6. The first-order valence-electron chi connectivity index (χ1n) is 9.75. The lowest BCUT2D eigenvalue weighted by molar-refractivity contribution is 0.0828. The molecule has 0 aromatic heterocycles. The monoisotopic (exact) mass is 382 g/mol. The summed E-state index contributed by atoms with van der Waals surface area (Å²) in [4.78, 5) is 19.0. The summed E-state index contributed by atoms with van der Waals surface area (Å²) in [5.74, 6) is 0.666. The Morgan fingerprint density at radius 3 is 2.39 bits per heavy atom. The third-order valence-corrected chi connectivity index (χ3v) is 5.11. The molecule has 1 N–H and O–H groups in total. The number of rotatable bonds is 7. The normalized spacial score (nSPS) is 14.6. The smallest absolute Gasteiger partial charge is 0.255 e. The number of anilines is 2. The lowest BCUT2D eigenvalue weighted by Gasteiger charge is -2.36. The minimum absolute atomic E-state index is 0.0297. The van der Waals surface area contributed by atoms with Crippen molar-refractivity contribution in [1.29, 1.82) is 0 Å². The van der Waals surface area contributed by atoms with Crippen molar-refractivity contribution in [3.63, 3.8) is 0 Å². The van der Waals surface area contributed by atoms with Gasteiger partial charge in [0.2, 0.25) is 0 Å². The van der Waals surface area contributed by atoms with Crippen LogP contribution in [0.3, 0.4) is 0 Å². The van der Waals surface area contributed by atoms with Crippen LogP contribution in [0.2, 0.25) is 0 Å². The second kappa shape index (κ2) is 9.46. The SMILES string of the molecule is COc1cccc(C(=O)N(C)C)c1NCCN1CCN(c2ccccc2)CC1. The molecule has 6 nitrogen and oxygen atoms in total. The summed E-state index contributed by atoms with van der Waals surface area (Å²) in [6, 6.07) is 16.1. The molecule has 0 aliphatic carbocycles. The number of hydrogen-bond donors (Lipinski definition) is 1. The highest BCUT2D eigenvalue weighted by molar-refractivity contribution is 6.00. The molecular formula is C22H30N4O2. The van der Waals surface area contributed by atoms with Crippen LogP contribution in [0.4, 0.5) is 11.4 Å². The van der Waals surface area contributed by atoms with Crippen molar-refractivity contribution in [2.75, 3.05) is 70.7 Å². The number of ether oxygens (including phenoxy) is 1. The Morgan fingerprint density at radius 2 is 1.75 bits per heavy atom. The van der Waals surface area contributed by atoms with E-state index >= 15 is 0 Å². The summed E-state index contributed by atoms with van der Waals surface area (Å²) in [7, 11) is 5.16. The second-order valence-electron chi connectivity index (χ2n) is 7.17. The van der Waals surface area contributed by atoms with Gasteiger partial charge in [0, 0.05) is 59.1 Å². The number of benzene rings is 2. The van der Waals surface area contributed by atoms with E-state index < -0.39 is 0 Å². The molecule has 0 spiro atoms. The highest BCUT2D eigenvalue weighted by Gasteiger charge is 2.19. The number of amides is 1. The van der Waals surface area contributed by atoms with Crippen LogP contribution >= 0.6 is 0 Å². The van der Waals surface area contributed by atoms with Gasteiger partial charge in [-0.2, -0.15) is 0 Å². The van der Waals surface area contributed by atoms with E-state index in [-0.39, 0.29) is 5.91 Å². The Labute approximate surface area is 167 Å². The number of methoxy groups -OCH3 is 1. The van der Waals surface area contributed by atoms with Gasteiger partial charge in [-0.05, 0) is 24.3 Å². The van der Waals surface area contributed by atoms with E-state index in [4.69, 9.17) is 4.74 Å². The molecule has 0 radical (unpaired) electrons. The molecule has 28 heavy (non-hydrogen) atoms. The lowest BCUT2D eigenvalue weighted by atomic mass is 10.1. The number of hydrogen-bond acceptors (Lipinski definition) is 5. The third kappa shape index (κ3) is 4.75. The molecular weight excluding hydrogens is 352 g/mol. The number of carbonyl (C=O) groups excluding carboxylic acids is 1. The van der Waals surface area contributed by atoms with E-state index in [1.54, 1.807) is 26.1 Å². The van der Waals surface area contributed by atoms with Crippen molar-refractivity contribution in [3.05, 3.63) is 54.1 Å². The fourth-order valence-corrected chi connectivity index (χ4v) is 3.51. The molecule has 0 unspecified atom stereocenters. The van der Waals surface area contributed by atoms with Gasteiger partial charge in [-0.15, -0.1) is 0 Å². The standard InChI is InChI=1S/C22H30N4O2/c1-24(2)22(27)19-10-7-11-20(28-3)21(19)23-12-13-25-14-16-26(17-15-25)18-8-5-4-6-9-18/h4-11,23H,12-17H2,1-3H3. The molecule has 0 saturated carbocycles. The first-order valence-corrected chi connectivity index (χ1v) is 9.75. The number of nitrogens with one attached hydrogen (secondary N) is 1. The fraction of sp³-hybridized carbons (Fsp3) is 0.409. The Balaban J connectivity index is 1.55.